The summed E-state index contributed by atoms with van der Waals surface area (Å²) in [5.74, 6) is 0.360. The molecule has 0 saturated carbocycles. The quantitative estimate of drug-likeness (QED) is 0.776. The van der Waals surface area contributed by atoms with Crippen LogP contribution in [0, 0.1) is 0 Å². The number of nitrogens with zero attached hydrogens (tertiary/aromatic N) is 3. The van der Waals surface area contributed by atoms with Crippen molar-refractivity contribution in [1.29, 1.82) is 0 Å². The van der Waals surface area contributed by atoms with Gasteiger partial charge in [0.1, 0.15) is 6.33 Å². The maximum atomic E-state index is 10.6. The van der Waals surface area contributed by atoms with E-state index in [2.05, 4.69) is 10.2 Å². The molecule has 1 N–H and O–H groups in total. The van der Waals surface area contributed by atoms with Crippen molar-refractivity contribution in [1.82, 2.24) is 14.8 Å². The van der Waals surface area contributed by atoms with Crippen LogP contribution in [0.3, 0.4) is 0 Å². The molecule has 2 rings (SSSR count). The van der Waals surface area contributed by atoms with Gasteiger partial charge in [-0.25, -0.2) is 0 Å². The number of carboxylic acids is 1. The highest BCUT2D eigenvalue weighted by Gasteiger charge is 2.10. The molecule has 0 aliphatic heterocycles. The first-order chi connectivity index (χ1) is 10.1. The second kappa shape index (κ2) is 6.98. The number of hydrogen-bond acceptors (Lipinski definition) is 6. The summed E-state index contributed by atoms with van der Waals surface area (Å²) in [6, 6.07) is 5.60. The van der Waals surface area contributed by atoms with Crippen LogP contribution in [0.5, 0.6) is 11.5 Å². The van der Waals surface area contributed by atoms with Gasteiger partial charge in [-0.15, -0.1) is 10.2 Å². The molecule has 0 bridgehead atoms. The van der Waals surface area contributed by atoms with Gasteiger partial charge in [-0.1, -0.05) is 17.8 Å². The Hall–Kier alpha value is -2.22. The van der Waals surface area contributed by atoms with Crippen molar-refractivity contribution in [3.8, 4) is 11.5 Å². The molecule has 0 radical (unpaired) electrons. The number of aromatic nitrogens is 3. The monoisotopic (exact) mass is 309 g/mol. The van der Waals surface area contributed by atoms with Gasteiger partial charge in [0.25, 0.3) is 0 Å². The third-order valence-electron chi connectivity index (χ3n) is 2.71. The minimum absolute atomic E-state index is 0.0510. The third-order valence-corrected chi connectivity index (χ3v) is 3.67. The van der Waals surface area contributed by atoms with Gasteiger partial charge < -0.3 is 19.1 Å². The van der Waals surface area contributed by atoms with E-state index in [9.17, 15) is 4.79 Å². The van der Waals surface area contributed by atoms with Crippen LogP contribution < -0.4 is 9.47 Å². The van der Waals surface area contributed by atoms with Gasteiger partial charge in [0.2, 0.25) is 0 Å². The van der Waals surface area contributed by atoms with Gasteiger partial charge in [-0.3, -0.25) is 4.79 Å². The third kappa shape index (κ3) is 3.88. The van der Waals surface area contributed by atoms with Crippen molar-refractivity contribution in [2.24, 2.45) is 0 Å². The van der Waals surface area contributed by atoms with Crippen LogP contribution in [0.2, 0.25) is 0 Å². The van der Waals surface area contributed by atoms with Crippen LogP contribution in [0.4, 0.5) is 0 Å². The van der Waals surface area contributed by atoms with Crippen LogP contribution >= 0.6 is 11.8 Å². The van der Waals surface area contributed by atoms with Gasteiger partial charge in [-0.2, -0.15) is 0 Å². The normalized spacial score (nSPS) is 10.4. The zero-order valence-corrected chi connectivity index (χ0v) is 12.5. The first-order valence-corrected chi connectivity index (χ1v) is 7.06. The summed E-state index contributed by atoms with van der Waals surface area (Å²) < 4.78 is 12.2. The van der Waals surface area contributed by atoms with E-state index in [4.69, 9.17) is 14.6 Å². The highest BCUT2D eigenvalue weighted by molar-refractivity contribution is 7.99. The lowest BCUT2D eigenvalue weighted by Gasteiger charge is -2.10. The summed E-state index contributed by atoms with van der Waals surface area (Å²) in [6.45, 7) is 0.523. The van der Waals surface area contributed by atoms with Crippen LogP contribution in [0.25, 0.3) is 0 Å². The summed E-state index contributed by atoms with van der Waals surface area (Å²) >= 11 is 1.13. The Kier molecular flexibility index (Phi) is 5.04. The Morgan fingerprint density at radius 1 is 1.33 bits per heavy atom. The largest absolute Gasteiger partial charge is 0.493 e. The number of hydrogen-bond donors (Lipinski definition) is 1. The molecule has 7 nitrogen and oxygen atoms in total. The van der Waals surface area contributed by atoms with Gasteiger partial charge in [0.15, 0.2) is 16.7 Å². The molecule has 1 heterocycles. The van der Waals surface area contributed by atoms with E-state index >= 15 is 0 Å². The van der Waals surface area contributed by atoms with Crippen molar-refractivity contribution in [3.63, 3.8) is 0 Å². The average molecular weight is 309 g/mol. The molecule has 0 unspecified atom stereocenters. The molecule has 112 valence electrons. The van der Waals surface area contributed by atoms with E-state index in [1.165, 1.54) is 0 Å². The fraction of sp³-hybridized carbons (Fsp3) is 0.308. The smallest absolute Gasteiger partial charge is 0.313 e. The molecule has 0 spiro atoms. The predicted molar refractivity (Wildman–Crippen MR) is 77.0 cm³/mol. The molecule has 0 aliphatic rings. The van der Waals surface area contributed by atoms with E-state index in [-0.39, 0.29) is 5.75 Å². The van der Waals surface area contributed by atoms with Crippen molar-refractivity contribution in [2.45, 2.75) is 11.7 Å². The second-order valence-electron chi connectivity index (χ2n) is 4.11. The summed E-state index contributed by atoms with van der Waals surface area (Å²) in [6.07, 6.45) is 1.57. The molecule has 0 fully saturated rings. The van der Waals surface area contributed by atoms with E-state index in [0.29, 0.717) is 23.2 Å². The fourth-order valence-corrected chi connectivity index (χ4v) is 2.40. The number of thioether (sulfide) groups is 1. The number of carboxylic acid groups (broad SMARTS) is 1. The highest BCUT2D eigenvalue weighted by Crippen LogP contribution is 2.28. The van der Waals surface area contributed by atoms with Gasteiger partial charge in [0.05, 0.1) is 26.5 Å². The van der Waals surface area contributed by atoms with E-state index < -0.39 is 5.97 Å². The Labute approximate surface area is 125 Å². The number of carbonyl (C=O) groups is 1. The Morgan fingerprint density at radius 3 is 2.76 bits per heavy atom. The van der Waals surface area contributed by atoms with Crippen LogP contribution in [-0.2, 0) is 11.3 Å². The maximum Gasteiger partial charge on any atom is 0.313 e. The minimum atomic E-state index is -0.888. The number of rotatable bonds is 7. The molecular formula is C13H15N3O4S. The first-order valence-electron chi connectivity index (χ1n) is 6.07. The van der Waals surface area contributed by atoms with Crippen LogP contribution in [0.15, 0.2) is 29.7 Å². The summed E-state index contributed by atoms with van der Waals surface area (Å²) in [5.41, 5.74) is 0.977. The van der Waals surface area contributed by atoms with Crippen LogP contribution in [0.1, 0.15) is 5.56 Å². The number of methoxy groups -OCH3 is 2. The first kappa shape index (κ1) is 15.2. The number of aliphatic carboxylic acids is 1. The number of benzene rings is 1. The zero-order chi connectivity index (χ0) is 15.2. The minimum Gasteiger partial charge on any atom is -0.493 e. The topological polar surface area (TPSA) is 86.5 Å². The molecule has 0 saturated heterocycles. The molecule has 0 atom stereocenters. The maximum absolute atomic E-state index is 10.6. The molecule has 1 aromatic heterocycles. The van der Waals surface area contributed by atoms with E-state index in [0.717, 1.165) is 17.3 Å². The van der Waals surface area contributed by atoms with Crippen molar-refractivity contribution < 1.29 is 19.4 Å². The van der Waals surface area contributed by atoms with Crippen LogP contribution in [-0.4, -0.2) is 45.8 Å². The molecule has 21 heavy (non-hydrogen) atoms. The van der Waals surface area contributed by atoms with Crippen molar-refractivity contribution in [3.05, 3.63) is 30.1 Å². The lowest BCUT2D eigenvalue weighted by atomic mass is 10.2. The molecule has 0 aliphatic carbocycles. The predicted octanol–water partition coefficient (Wildman–Crippen LogP) is 1.52. The highest BCUT2D eigenvalue weighted by atomic mass is 32.2. The van der Waals surface area contributed by atoms with Gasteiger partial charge in [-0.05, 0) is 17.7 Å². The van der Waals surface area contributed by atoms with E-state index in [1.807, 2.05) is 18.2 Å². The Morgan fingerprint density at radius 2 is 2.10 bits per heavy atom. The lowest BCUT2D eigenvalue weighted by Crippen LogP contribution is -2.04. The second-order valence-corrected chi connectivity index (χ2v) is 5.06. The summed E-state index contributed by atoms with van der Waals surface area (Å²) in [4.78, 5) is 10.6. The average Bonchev–Trinajstić information content (AvgIpc) is 2.92. The van der Waals surface area contributed by atoms with Crippen molar-refractivity contribution in [2.75, 3.05) is 20.0 Å². The summed E-state index contributed by atoms with van der Waals surface area (Å²) in [7, 11) is 3.16. The van der Waals surface area contributed by atoms with E-state index in [1.54, 1.807) is 25.1 Å². The standard InChI is InChI=1S/C13H15N3O4S/c1-19-10-4-3-9(5-11(10)20-2)6-16-8-14-15-13(16)21-7-12(17)18/h3-5,8H,6-7H2,1-2H3,(H,17,18). The van der Waals surface area contributed by atoms with Crippen molar-refractivity contribution >= 4 is 17.7 Å². The zero-order valence-electron chi connectivity index (χ0n) is 11.6. The molecule has 8 heteroatoms. The summed E-state index contributed by atoms with van der Waals surface area (Å²) in [5, 5.41) is 17.0. The Bertz CT molecular complexity index is 630. The molecular weight excluding hydrogens is 294 g/mol. The molecule has 1 aromatic carbocycles. The molecule has 2 aromatic rings. The molecule has 0 amide bonds. The SMILES string of the molecule is COc1ccc(Cn2cnnc2SCC(=O)O)cc1OC. The van der Waals surface area contributed by atoms with Gasteiger partial charge in [0, 0.05) is 0 Å². The Balaban J connectivity index is 2.15. The fourth-order valence-electron chi connectivity index (χ4n) is 1.77. The lowest BCUT2D eigenvalue weighted by molar-refractivity contribution is -0.133. The number of ether oxygens (including phenoxy) is 2. The van der Waals surface area contributed by atoms with Gasteiger partial charge >= 0.3 is 5.97 Å².